The van der Waals surface area contributed by atoms with Gasteiger partial charge < -0.3 is 10.6 Å². The lowest BCUT2D eigenvalue weighted by atomic mass is 10.1. The second-order valence-electron chi connectivity index (χ2n) is 5.02. The van der Waals surface area contributed by atoms with Crippen molar-refractivity contribution in [1.82, 2.24) is 4.98 Å². The summed E-state index contributed by atoms with van der Waals surface area (Å²) in [6, 6.07) is 8.32. The van der Waals surface area contributed by atoms with Crippen LogP contribution in [0.15, 0.2) is 36.7 Å². The van der Waals surface area contributed by atoms with Crippen LogP contribution in [0.25, 0.3) is 0 Å². The Balaban J connectivity index is 2.08. The van der Waals surface area contributed by atoms with Gasteiger partial charge in [0.2, 0.25) is 0 Å². The minimum absolute atomic E-state index is 0.848. The Morgan fingerprint density at radius 2 is 1.74 bits per heavy atom. The molecule has 0 saturated carbocycles. The number of aryl methyl sites for hydroxylation is 2. The van der Waals surface area contributed by atoms with Crippen molar-refractivity contribution >= 4 is 11.4 Å². The fourth-order valence-corrected chi connectivity index (χ4v) is 2.12. The summed E-state index contributed by atoms with van der Waals surface area (Å²) >= 11 is 0. The largest absolute Gasteiger partial charge is 0.397 e. The average molecular weight is 255 g/mol. The lowest BCUT2D eigenvalue weighted by Crippen LogP contribution is -2.21. The molecule has 0 aliphatic carbocycles. The van der Waals surface area contributed by atoms with Crippen molar-refractivity contribution in [1.29, 1.82) is 0 Å². The topological polar surface area (TPSA) is 42.1 Å². The van der Waals surface area contributed by atoms with Gasteiger partial charge in [0.1, 0.15) is 0 Å². The van der Waals surface area contributed by atoms with Crippen molar-refractivity contribution in [2.45, 2.75) is 20.3 Å². The van der Waals surface area contributed by atoms with Crippen LogP contribution in [0, 0.1) is 13.8 Å². The molecular formula is C16H21N3. The number of hydrogen-bond acceptors (Lipinski definition) is 3. The van der Waals surface area contributed by atoms with Gasteiger partial charge in [-0.3, -0.25) is 4.98 Å². The summed E-state index contributed by atoms with van der Waals surface area (Å²) in [6.45, 7) is 5.15. The third-order valence-electron chi connectivity index (χ3n) is 3.54. The van der Waals surface area contributed by atoms with Crippen molar-refractivity contribution in [3.63, 3.8) is 0 Å². The summed E-state index contributed by atoms with van der Waals surface area (Å²) in [5.41, 5.74) is 11.9. The molecule has 2 rings (SSSR count). The van der Waals surface area contributed by atoms with Crippen LogP contribution in [0.1, 0.15) is 16.7 Å². The van der Waals surface area contributed by atoms with Crippen molar-refractivity contribution < 1.29 is 0 Å². The molecule has 19 heavy (non-hydrogen) atoms. The predicted octanol–water partition coefficient (Wildman–Crippen LogP) is 2.96. The average Bonchev–Trinajstić information content (AvgIpc) is 2.41. The highest BCUT2D eigenvalue weighted by Gasteiger charge is 2.07. The highest BCUT2D eigenvalue weighted by atomic mass is 15.1. The van der Waals surface area contributed by atoms with E-state index < -0.39 is 0 Å². The molecule has 2 N–H and O–H groups in total. The molecule has 1 aromatic carbocycles. The highest BCUT2D eigenvalue weighted by Crippen LogP contribution is 2.26. The summed E-state index contributed by atoms with van der Waals surface area (Å²) in [4.78, 5) is 6.24. The SMILES string of the molecule is Cc1cc(N)c(N(C)CCc2ccncc2)cc1C. The quantitative estimate of drug-likeness (QED) is 0.854. The summed E-state index contributed by atoms with van der Waals surface area (Å²) in [6.07, 6.45) is 4.66. The third-order valence-corrected chi connectivity index (χ3v) is 3.54. The van der Waals surface area contributed by atoms with Crippen LogP contribution in [-0.2, 0) is 6.42 Å². The molecule has 0 bridgehead atoms. The molecule has 0 amide bonds. The van der Waals surface area contributed by atoms with E-state index in [1.54, 1.807) is 0 Å². The molecule has 3 nitrogen and oxygen atoms in total. The molecule has 0 spiro atoms. The number of likely N-dealkylation sites (N-methyl/N-ethyl adjacent to an activating group) is 1. The Labute approximate surface area is 115 Å². The first-order valence-electron chi connectivity index (χ1n) is 6.54. The Morgan fingerprint density at radius 3 is 2.42 bits per heavy atom. The van der Waals surface area contributed by atoms with E-state index in [1.165, 1.54) is 16.7 Å². The standard InChI is InChI=1S/C16H21N3/c1-12-10-15(17)16(11-13(12)2)19(3)9-6-14-4-7-18-8-5-14/h4-5,7-8,10-11H,6,9,17H2,1-3H3. The predicted molar refractivity (Wildman–Crippen MR) is 81.5 cm³/mol. The fraction of sp³-hybridized carbons (Fsp3) is 0.312. The zero-order chi connectivity index (χ0) is 13.8. The van der Waals surface area contributed by atoms with Gasteiger partial charge in [0, 0.05) is 26.0 Å². The maximum Gasteiger partial charge on any atom is 0.0600 e. The van der Waals surface area contributed by atoms with Gasteiger partial charge in [0.15, 0.2) is 0 Å². The summed E-state index contributed by atoms with van der Waals surface area (Å²) < 4.78 is 0. The first kappa shape index (κ1) is 13.4. The van der Waals surface area contributed by atoms with E-state index in [1.807, 2.05) is 18.5 Å². The Morgan fingerprint density at radius 1 is 1.11 bits per heavy atom. The van der Waals surface area contributed by atoms with Gasteiger partial charge in [-0.15, -0.1) is 0 Å². The number of anilines is 2. The van der Waals surface area contributed by atoms with Crippen molar-refractivity contribution in [2.75, 3.05) is 24.2 Å². The molecule has 0 fully saturated rings. The van der Waals surface area contributed by atoms with Crippen molar-refractivity contribution in [2.24, 2.45) is 0 Å². The van der Waals surface area contributed by atoms with Gasteiger partial charge in [0.05, 0.1) is 11.4 Å². The summed E-state index contributed by atoms with van der Waals surface area (Å²) in [7, 11) is 2.08. The Kier molecular flexibility index (Phi) is 4.05. The minimum atomic E-state index is 0.848. The van der Waals surface area contributed by atoms with E-state index in [9.17, 15) is 0 Å². The molecule has 0 aliphatic rings. The number of nitrogens with two attached hydrogens (primary N) is 1. The van der Waals surface area contributed by atoms with Crippen LogP contribution in [0.2, 0.25) is 0 Å². The van der Waals surface area contributed by atoms with Gasteiger partial charge in [0.25, 0.3) is 0 Å². The summed E-state index contributed by atoms with van der Waals surface area (Å²) in [5, 5.41) is 0. The van der Waals surface area contributed by atoms with E-state index in [0.717, 1.165) is 24.3 Å². The first-order chi connectivity index (χ1) is 9.08. The first-order valence-corrected chi connectivity index (χ1v) is 6.54. The molecule has 2 aromatic rings. The second-order valence-corrected chi connectivity index (χ2v) is 5.02. The van der Waals surface area contributed by atoms with Crippen molar-refractivity contribution in [3.05, 3.63) is 53.3 Å². The zero-order valence-electron chi connectivity index (χ0n) is 11.9. The van der Waals surface area contributed by atoms with Crippen LogP contribution in [0.4, 0.5) is 11.4 Å². The van der Waals surface area contributed by atoms with E-state index in [-0.39, 0.29) is 0 Å². The van der Waals surface area contributed by atoms with E-state index in [2.05, 4.69) is 49.0 Å². The lowest BCUT2D eigenvalue weighted by molar-refractivity contribution is 0.875. The van der Waals surface area contributed by atoms with Gasteiger partial charge in [-0.05, 0) is 61.2 Å². The lowest BCUT2D eigenvalue weighted by Gasteiger charge is -2.22. The highest BCUT2D eigenvalue weighted by molar-refractivity contribution is 5.69. The molecule has 0 radical (unpaired) electrons. The molecule has 1 heterocycles. The maximum atomic E-state index is 6.11. The monoisotopic (exact) mass is 255 g/mol. The van der Waals surface area contributed by atoms with Crippen LogP contribution in [0.3, 0.4) is 0 Å². The van der Waals surface area contributed by atoms with Crippen LogP contribution >= 0.6 is 0 Å². The smallest absolute Gasteiger partial charge is 0.0600 e. The molecule has 0 unspecified atom stereocenters. The van der Waals surface area contributed by atoms with Crippen molar-refractivity contribution in [3.8, 4) is 0 Å². The number of hydrogen-bond donors (Lipinski definition) is 1. The zero-order valence-corrected chi connectivity index (χ0v) is 11.9. The van der Waals surface area contributed by atoms with Gasteiger partial charge in [-0.25, -0.2) is 0 Å². The van der Waals surface area contributed by atoms with Gasteiger partial charge in [-0.1, -0.05) is 0 Å². The van der Waals surface area contributed by atoms with Gasteiger partial charge in [-0.2, -0.15) is 0 Å². The normalized spacial score (nSPS) is 10.5. The molecule has 0 aliphatic heterocycles. The number of rotatable bonds is 4. The number of aromatic nitrogens is 1. The Hall–Kier alpha value is -2.03. The third kappa shape index (κ3) is 3.25. The van der Waals surface area contributed by atoms with Crippen LogP contribution in [0.5, 0.6) is 0 Å². The van der Waals surface area contributed by atoms with E-state index in [0.29, 0.717) is 0 Å². The summed E-state index contributed by atoms with van der Waals surface area (Å²) in [5.74, 6) is 0. The minimum Gasteiger partial charge on any atom is -0.397 e. The van der Waals surface area contributed by atoms with Crippen LogP contribution < -0.4 is 10.6 Å². The molecule has 1 aromatic heterocycles. The number of benzene rings is 1. The number of pyridine rings is 1. The van der Waals surface area contributed by atoms with E-state index in [4.69, 9.17) is 5.73 Å². The maximum absolute atomic E-state index is 6.11. The Bertz CT molecular complexity index is 549. The number of nitrogen functional groups attached to an aromatic ring is 1. The molecule has 3 heteroatoms. The fourth-order valence-electron chi connectivity index (χ4n) is 2.12. The van der Waals surface area contributed by atoms with Gasteiger partial charge >= 0.3 is 0 Å². The van der Waals surface area contributed by atoms with E-state index >= 15 is 0 Å². The van der Waals surface area contributed by atoms with Crippen LogP contribution in [-0.4, -0.2) is 18.6 Å². The molecule has 100 valence electrons. The number of nitrogens with zero attached hydrogens (tertiary/aromatic N) is 2. The molecular weight excluding hydrogens is 234 g/mol. The second kappa shape index (κ2) is 5.74. The molecule has 0 saturated heterocycles. The molecule has 0 atom stereocenters.